The first-order chi connectivity index (χ1) is 6.09. The van der Waals surface area contributed by atoms with Crippen LogP contribution in [-0.2, 0) is 0 Å². The fourth-order valence-corrected chi connectivity index (χ4v) is 1.85. The monoisotopic (exact) mass is 277 g/mol. The van der Waals surface area contributed by atoms with Crippen LogP contribution in [0.3, 0.4) is 0 Å². The van der Waals surface area contributed by atoms with Crippen molar-refractivity contribution >= 4 is 37.5 Å². The van der Waals surface area contributed by atoms with E-state index in [4.69, 9.17) is 2.74 Å². The molecule has 0 aliphatic heterocycles. The highest BCUT2D eigenvalue weighted by Crippen LogP contribution is 2.16. The molecule has 0 saturated heterocycles. The third kappa shape index (κ3) is 1.18. The van der Waals surface area contributed by atoms with Crippen LogP contribution in [0.2, 0.25) is 0 Å². The molecule has 0 atom stereocenters. The lowest BCUT2D eigenvalue weighted by atomic mass is 10.7. The van der Waals surface area contributed by atoms with Gasteiger partial charge in [-0.3, -0.25) is 0 Å². The number of hydrogen-bond acceptors (Lipinski definition) is 2. The summed E-state index contributed by atoms with van der Waals surface area (Å²) in [5.74, 6) is 0. The first kappa shape index (κ1) is 5.27. The van der Waals surface area contributed by atoms with Crippen LogP contribution in [-0.4, -0.2) is 14.4 Å². The van der Waals surface area contributed by atoms with Crippen LogP contribution >= 0.6 is 31.9 Å². The normalized spacial score (nSPS) is 13.3. The summed E-state index contributed by atoms with van der Waals surface area (Å²) in [6.07, 6.45) is 1.60. The molecular formula is C6H3Br2N3. The van der Waals surface area contributed by atoms with Gasteiger partial charge in [-0.1, -0.05) is 0 Å². The second kappa shape index (κ2) is 2.57. The molecule has 0 aliphatic rings. The highest BCUT2D eigenvalue weighted by molar-refractivity contribution is 9.11. The third-order valence-electron chi connectivity index (χ3n) is 1.19. The van der Waals surface area contributed by atoms with Gasteiger partial charge >= 0.3 is 0 Å². The standard InChI is InChI=1S/C6H3Br2N3/c7-4-3-11-2-1-9-6(11)5(8)10-4/h1-3H/i1D,2D. The molecule has 0 spiro atoms. The Hall–Kier alpha value is -0.420. The first-order valence-electron chi connectivity index (χ1n) is 3.77. The smallest absolute Gasteiger partial charge is 0.170 e. The Morgan fingerprint density at radius 1 is 1.55 bits per heavy atom. The Bertz CT molecular complexity index is 482. The summed E-state index contributed by atoms with van der Waals surface area (Å²) in [6, 6.07) is 0. The number of hydrogen-bond donors (Lipinski definition) is 0. The Labute approximate surface area is 82.5 Å². The van der Waals surface area contributed by atoms with Crippen molar-refractivity contribution in [3.8, 4) is 0 Å². The highest BCUT2D eigenvalue weighted by Gasteiger charge is 2.01. The van der Waals surface area contributed by atoms with Gasteiger partial charge < -0.3 is 4.40 Å². The maximum absolute atomic E-state index is 7.51. The van der Waals surface area contributed by atoms with E-state index in [1.165, 1.54) is 4.40 Å². The number of nitrogens with zero attached hydrogens (tertiary/aromatic N) is 3. The maximum atomic E-state index is 7.51. The lowest BCUT2D eigenvalue weighted by Crippen LogP contribution is -1.88. The molecule has 0 bridgehead atoms. The molecule has 2 heterocycles. The molecule has 0 amide bonds. The van der Waals surface area contributed by atoms with Crippen molar-refractivity contribution in [1.29, 1.82) is 0 Å². The lowest BCUT2D eigenvalue weighted by molar-refractivity contribution is 1.08. The summed E-state index contributed by atoms with van der Waals surface area (Å²) in [4.78, 5) is 7.90. The van der Waals surface area contributed by atoms with Gasteiger partial charge in [-0.15, -0.1) is 0 Å². The van der Waals surface area contributed by atoms with Gasteiger partial charge in [-0.05, 0) is 31.9 Å². The fourth-order valence-electron chi connectivity index (χ4n) is 0.757. The van der Waals surface area contributed by atoms with Crippen LogP contribution in [0.25, 0.3) is 5.65 Å². The van der Waals surface area contributed by atoms with Gasteiger partial charge in [0.05, 0.1) is 2.74 Å². The fraction of sp³-hybridized carbons (Fsp3) is 0. The Morgan fingerprint density at radius 2 is 2.36 bits per heavy atom. The summed E-state index contributed by atoms with van der Waals surface area (Å²) in [5.41, 5.74) is 0.484. The van der Waals surface area contributed by atoms with Crippen LogP contribution < -0.4 is 0 Å². The van der Waals surface area contributed by atoms with Crippen molar-refractivity contribution in [2.75, 3.05) is 0 Å². The van der Waals surface area contributed by atoms with Gasteiger partial charge in [0.25, 0.3) is 0 Å². The van der Waals surface area contributed by atoms with Crippen LogP contribution in [0.1, 0.15) is 2.74 Å². The second-order valence-corrected chi connectivity index (χ2v) is 3.45. The minimum atomic E-state index is -0.0550. The average Bonchev–Trinajstić information content (AvgIpc) is 2.32. The number of aromatic nitrogens is 3. The van der Waals surface area contributed by atoms with E-state index >= 15 is 0 Å². The van der Waals surface area contributed by atoms with Gasteiger partial charge in [0.2, 0.25) is 0 Å². The molecule has 0 aromatic carbocycles. The molecule has 0 saturated carbocycles. The second-order valence-electron chi connectivity index (χ2n) is 1.88. The first-order valence-corrected chi connectivity index (χ1v) is 4.35. The molecule has 0 N–H and O–H groups in total. The van der Waals surface area contributed by atoms with E-state index in [1.807, 2.05) is 0 Å². The van der Waals surface area contributed by atoms with Crippen molar-refractivity contribution in [2.45, 2.75) is 0 Å². The summed E-state index contributed by atoms with van der Waals surface area (Å²) in [6.45, 7) is 0. The minimum Gasteiger partial charge on any atom is -0.302 e. The third-order valence-corrected chi connectivity index (χ3v) is 2.10. The predicted octanol–water partition coefficient (Wildman–Crippen LogP) is 2.25. The van der Waals surface area contributed by atoms with Gasteiger partial charge in [0, 0.05) is 18.5 Å². The van der Waals surface area contributed by atoms with E-state index in [0.717, 1.165) is 0 Å². The zero-order valence-corrected chi connectivity index (χ0v) is 8.35. The number of fused-ring (bicyclic) bond motifs is 1. The molecule has 11 heavy (non-hydrogen) atoms. The average molecular weight is 279 g/mol. The topological polar surface area (TPSA) is 30.2 Å². The Kier molecular flexibility index (Phi) is 1.23. The van der Waals surface area contributed by atoms with Crippen molar-refractivity contribution in [1.82, 2.24) is 14.4 Å². The van der Waals surface area contributed by atoms with Gasteiger partial charge in [-0.25, -0.2) is 9.97 Å². The molecule has 0 radical (unpaired) electrons. The molecule has 56 valence electrons. The molecule has 2 aromatic rings. The highest BCUT2D eigenvalue weighted by atomic mass is 79.9. The SMILES string of the molecule is [2H]c1nc2c(Br)nc(Br)cn2c1[2H]. The maximum Gasteiger partial charge on any atom is 0.170 e. The molecule has 0 fully saturated rings. The molecule has 0 unspecified atom stereocenters. The molecule has 2 aromatic heterocycles. The van der Waals surface area contributed by atoms with Gasteiger partial charge in [0.1, 0.15) is 4.60 Å². The van der Waals surface area contributed by atoms with Crippen LogP contribution in [0.4, 0.5) is 0 Å². The summed E-state index contributed by atoms with van der Waals surface area (Å²) >= 11 is 6.40. The molecule has 2 rings (SSSR count). The number of rotatable bonds is 0. The molecule has 3 nitrogen and oxygen atoms in total. The molecule has 5 heteroatoms. The van der Waals surface area contributed by atoms with Crippen LogP contribution in [0.5, 0.6) is 0 Å². The van der Waals surface area contributed by atoms with E-state index < -0.39 is 0 Å². The van der Waals surface area contributed by atoms with Crippen LogP contribution in [0, 0.1) is 0 Å². The van der Waals surface area contributed by atoms with Crippen molar-refractivity contribution in [2.24, 2.45) is 0 Å². The van der Waals surface area contributed by atoms with E-state index in [2.05, 4.69) is 41.8 Å². The largest absolute Gasteiger partial charge is 0.302 e. The van der Waals surface area contributed by atoms with Gasteiger partial charge in [-0.2, -0.15) is 0 Å². The summed E-state index contributed by atoms with van der Waals surface area (Å²) in [5, 5.41) is 0. The van der Waals surface area contributed by atoms with Crippen molar-refractivity contribution in [3.63, 3.8) is 0 Å². The van der Waals surface area contributed by atoms with Gasteiger partial charge in [0.15, 0.2) is 10.3 Å². The molecule has 0 aliphatic carbocycles. The quantitative estimate of drug-likeness (QED) is 0.740. The van der Waals surface area contributed by atoms with E-state index in [9.17, 15) is 0 Å². The van der Waals surface area contributed by atoms with E-state index in [-0.39, 0.29) is 12.3 Å². The van der Waals surface area contributed by atoms with E-state index in [0.29, 0.717) is 14.9 Å². The van der Waals surface area contributed by atoms with E-state index in [1.54, 1.807) is 6.20 Å². The Morgan fingerprint density at radius 3 is 3.18 bits per heavy atom. The zero-order chi connectivity index (χ0) is 9.59. The molecular weight excluding hydrogens is 274 g/mol. The minimum absolute atomic E-state index is 0.0544. The van der Waals surface area contributed by atoms with Crippen LogP contribution in [0.15, 0.2) is 27.7 Å². The summed E-state index contributed by atoms with van der Waals surface area (Å²) < 4.78 is 17.4. The Balaban J connectivity index is 2.94. The lowest BCUT2D eigenvalue weighted by Gasteiger charge is -1.95. The number of imidazole rings is 1. The summed E-state index contributed by atoms with van der Waals surface area (Å²) in [7, 11) is 0. The number of halogens is 2. The predicted molar refractivity (Wildman–Crippen MR) is 48.4 cm³/mol. The van der Waals surface area contributed by atoms with Crippen molar-refractivity contribution < 1.29 is 2.74 Å². The zero-order valence-electron chi connectivity index (χ0n) is 7.17. The van der Waals surface area contributed by atoms with Crippen molar-refractivity contribution in [3.05, 3.63) is 27.7 Å².